The maximum absolute atomic E-state index is 12.6. The summed E-state index contributed by atoms with van der Waals surface area (Å²) < 4.78 is 5.16. The Bertz CT molecular complexity index is 741. The van der Waals surface area contributed by atoms with E-state index in [0.29, 0.717) is 13.1 Å². The normalized spacial score (nSPS) is 17.0. The topological polar surface area (TPSA) is 67.3 Å². The monoisotopic (exact) mass is 354 g/mol. The van der Waals surface area contributed by atoms with E-state index in [1.807, 2.05) is 44.2 Å². The Morgan fingerprint density at radius 2 is 1.92 bits per heavy atom. The van der Waals surface area contributed by atoms with E-state index < -0.39 is 0 Å². The first-order valence-electron chi connectivity index (χ1n) is 9.03. The molecule has 1 amide bonds. The number of aryl methyl sites for hydroxylation is 2. The molecule has 0 saturated carbocycles. The van der Waals surface area contributed by atoms with E-state index >= 15 is 0 Å². The Morgan fingerprint density at radius 3 is 2.58 bits per heavy atom. The molecule has 1 atom stereocenters. The van der Waals surface area contributed by atoms with Gasteiger partial charge in [0.05, 0.1) is 13.0 Å². The van der Waals surface area contributed by atoms with Crippen LogP contribution in [0.5, 0.6) is 5.75 Å². The van der Waals surface area contributed by atoms with E-state index in [-0.39, 0.29) is 11.8 Å². The second kappa shape index (κ2) is 8.17. The fraction of sp³-hybridized carbons (Fsp3) is 0.450. The second-order valence-electron chi connectivity index (χ2n) is 6.80. The summed E-state index contributed by atoms with van der Waals surface area (Å²) in [5.41, 5.74) is 2.97. The lowest BCUT2D eigenvalue weighted by atomic mass is 9.97. The third-order valence-electron chi connectivity index (χ3n) is 4.67. The van der Waals surface area contributed by atoms with Crippen molar-refractivity contribution in [1.29, 1.82) is 0 Å². The molecule has 1 fully saturated rings. The first kappa shape index (κ1) is 18.2. The van der Waals surface area contributed by atoms with E-state index in [9.17, 15) is 4.79 Å². The number of hydrogen-bond donors (Lipinski definition) is 1. The van der Waals surface area contributed by atoms with Gasteiger partial charge in [0.25, 0.3) is 0 Å². The fourth-order valence-corrected chi connectivity index (χ4v) is 3.30. The van der Waals surface area contributed by atoms with E-state index in [1.165, 1.54) is 0 Å². The van der Waals surface area contributed by atoms with E-state index in [0.717, 1.165) is 48.0 Å². The molecule has 0 spiro atoms. The van der Waals surface area contributed by atoms with Crippen LogP contribution in [0.25, 0.3) is 0 Å². The predicted octanol–water partition coefficient (Wildman–Crippen LogP) is 2.63. The summed E-state index contributed by atoms with van der Waals surface area (Å²) in [7, 11) is 1.64. The molecule has 6 heteroatoms. The summed E-state index contributed by atoms with van der Waals surface area (Å²) in [5, 5.41) is 3.05. The van der Waals surface area contributed by atoms with Crippen molar-refractivity contribution in [3.05, 3.63) is 47.3 Å². The highest BCUT2D eigenvalue weighted by Crippen LogP contribution is 2.21. The van der Waals surface area contributed by atoms with Crippen LogP contribution >= 0.6 is 0 Å². The number of piperidine rings is 1. The van der Waals surface area contributed by atoms with Crippen molar-refractivity contribution < 1.29 is 9.53 Å². The van der Waals surface area contributed by atoms with Gasteiger partial charge in [-0.25, -0.2) is 9.97 Å². The molecule has 1 aliphatic rings. The van der Waals surface area contributed by atoms with Crippen LogP contribution in [0.15, 0.2) is 30.3 Å². The number of anilines is 1. The lowest BCUT2D eigenvalue weighted by Gasteiger charge is -2.32. The molecule has 2 aromatic rings. The van der Waals surface area contributed by atoms with Crippen LogP contribution in [-0.4, -0.2) is 36.1 Å². The molecule has 138 valence electrons. The van der Waals surface area contributed by atoms with Crippen molar-refractivity contribution in [3.63, 3.8) is 0 Å². The van der Waals surface area contributed by atoms with Gasteiger partial charge in [0, 0.05) is 31.0 Å². The number of hydrogen-bond acceptors (Lipinski definition) is 5. The molecule has 26 heavy (non-hydrogen) atoms. The van der Waals surface area contributed by atoms with Crippen LogP contribution in [0.4, 0.5) is 5.95 Å². The van der Waals surface area contributed by atoms with Crippen LogP contribution in [-0.2, 0) is 11.3 Å². The Labute approximate surface area is 154 Å². The van der Waals surface area contributed by atoms with Crippen LogP contribution in [0.2, 0.25) is 0 Å². The van der Waals surface area contributed by atoms with Gasteiger partial charge >= 0.3 is 0 Å². The first-order chi connectivity index (χ1) is 12.5. The molecule has 0 radical (unpaired) electrons. The Kier molecular flexibility index (Phi) is 5.71. The van der Waals surface area contributed by atoms with Gasteiger partial charge in [0.15, 0.2) is 0 Å². The Morgan fingerprint density at radius 1 is 1.23 bits per heavy atom. The summed E-state index contributed by atoms with van der Waals surface area (Å²) in [4.78, 5) is 23.8. The number of ether oxygens (including phenoxy) is 1. The highest BCUT2D eigenvalue weighted by Gasteiger charge is 2.27. The van der Waals surface area contributed by atoms with Gasteiger partial charge in [-0.1, -0.05) is 12.1 Å². The smallest absolute Gasteiger partial charge is 0.225 e. The molecule has 0 bridgehead atoms. The molecule has 1 saturated heterocycles. The molecule has 1 aliphatic heterocycles. The van der Waals surface area contributed by atoms with Crippen molar-refractivity contribution >= 4 is 11.9 Å². The van der Waals surface area contributed by atoms with Gasteiger partial charge < -0.3 is 15.0 Å². The lowest BCUT2D eigenvalue weighted by molar-refractivity contribution is -0.125. The van der Waals surface area contributed by atoms with Gasteiger partial charge in [-0.2, -0.15) is 0 Å². The Hall–Kier alpha value is -2.63. The average Bonchev–Trinajstić information content (AvgIpc) is 2.66. The van der Waals surface area contributed by atoms with Crippen molar-refractivity contribution in [1.82, 2.24) is 15.3 Å². The van der Waals surface area contributed by atoms with Gasteiger partial charge in [0.1, 0.15) is 5.75 Å². The van der Waals surface area contributed by atoms with Crippen molar-refractivity contribution in [2.75, 3.05) is 25.1 Å². The molecule has 1 N–H and O–H groups in total. The van der Waals surface area contributed by atoms with Crippen LogP contribution in [0, 0.1) is 19.8 Å². The third-order valence-corrected chi connectivity index (χ3v) is 4.67. The van der Waals surface area contributed by atoms with Crippen LogP contribution in [0.1, 0.15) is 29.8 Å². The van der Waals surface area contributed by atoms with E-state index in [1.54, 1.807) is 7.11 Å². The summed E-state index contributed by atoms with van der Waals surface area (Å²) in [5.74, 6) is 1.60. The summed E-state index contributed by atoms with van der Waals surface area (Å²) >= 11 is 0. The van der Waals surface area contributed by atoms with Gasteiger partial charge in [-0.05, 0) is 50.5 Å². The third kappa shape index (κ3) is 4.50. The number of rotatable bonds is 5. The standard InChI is InChI=1S/C20H26N4O2/c1-14-11-15(2)23-20(22-14)24-10-4-5-17(13-24)19(25)21-12-16-6-8-18(26-3)9-7-16/h6-9,11,17H,4-5,10,12-13H2,1-3H3,(H,21,25)/t17-/m1/s1. The maximum Gasteiger partial charge on any atom is 0.225 e. The molecular formula is C20H26N4O2. The maximum atomic E-state index is 12.6. The molecule has 6 nitrogen and oxygen atoms in total. The molecule has 1 aromatic carbocycles. The minimum absolute atomic E-state index is 0.0357. The lowest BCUT2D eigenvalue weighted by Crippen LogP contribution is -2.43. The zero-order valence-corrected chi connectivity index (χ0v) is 15.7. The van der Waals surface area contributed by atoms with Crippen molar-refractivity contribution in [3.8, 4) is 5.75 Å². The average molecular weight is 354 g/mol. The number of carbonyl (C=O) groups is 1. The summed E-state index contributed by atoms with van der Waals surface area (Å²) in [6.45, 7) is 6.03. The molecule has 0 aliphatic carbocycles. The zero-order chi connectivity index (χ0) is 18.5. The zero-order valence-electron chi connectivity index (χ0n) is 15.7. The first-order valence-corrected chi connectivity index (χ1v) is 9.03. The number of nitrogens with one attached hydrogen (secondary N) is 1. The summed E-state index contributed by atoms with van der Waals surface area (Å²) in [6, 6.07) is 9.71. The quantitative estimate of drug-likeness (QED) is 0.894. The van der Waals surface area contributed by atoms with Gasteiger partial charge in [-0.15, -0.1) is 0 Å². The number of benzene rings is 1. The molecule has 0 unspecified atom stereocenters. The highest BCUT2D eigenvalue weighted by atomic mass is 16.5. The number of nitrogens with zero attached hydrogens (tertiary/aromatic N) is 3. The molecule has 3 rings (SSSR count). The number of methoxy groups -OCH3 is 1. The minimum atomic E-state index is -0.0357. The van der Waals surface area contributed by atoms with Crippen LogP contribution in [0.3, 0.4) is 0 Å². The van der Waals surface area contributed by atoms with Gasteiger partial charge in [0.2, 0.25) is 11.9 Å². The van der Waals surface area contributed by atoms with E-state index in [4.69, 9.17) is 4.74 Å². The molecular weight excluding hydrogens is 328 g/mol. The number of amides is 1. The second-order valence-corrected chi connectivity index (χ2v) is 6.80. The number of aromatic nitrogens is 2. The minimum Gasteiger partial charge on any atom is -0.497 e. The van der Waals surface area contributed by atoms with Crippen molar-refractivity contribution in [2.45, 2.75) is 33.2 Å². The fourth-order valence-electron chi connectivity index (χ4n) is 3.30. The van der Waals surface area contributed by atoms with Gasteiger partial charge in [-0.3, -0.25) is 4.79 Å². The Balaban J connectivity index is 1.58. The SMILES string of the molecule is COc1ccc(CNC(=O)[C@@H]2CCCN(c3nc(C)cc(C)n3)C2)cc1. The predicted molar refractivity (Wildman–Crippen MR) is 101 cm³/mol. The number of carbonyl (C=O) groups excluding carboxylic acids is 1. The van der Waals surface area contributed by atoms with Crippen molar-refractivity contribution in [2.24, 2.45) is 5.92 Å². The summed E-state index contributed by atoms with van der Waals surface area (Å²) in [6.07, 6.45) is 1.87. The highest BCUT2D eigenvalue weighted by molar-refractivity contribution is 5.79. The molecule has 2 heterocycles. The molecule has 1 aromatic heterocycles. The largest absolute Gasteiger partial charge is 0.497 e. The van der Waals surface area contributed by atoms with E-state index in [2.05, 4.69) is 20.2 Å². The van der Waals surface area contributed by atoms with Crippen LogP contribution < -0.4 is 15.0 Å².